The fourth-order valence-electron chi connectivity index (χ4n) is 1.75. The Labute approximate surface area is 110 Å². The van der Waals surface area contributed by atoms with E-state index in [1.807, 2.05) is 0 Å². The van der Waals surface area contributed by atoms with Gasteiger partial charge in [0.1, 0.15) is 5.69 Å². The van der Waals surface area contributed by atoms with Gasteiger partial charge >= 0.3 is 11.7 Å². The van der Waals surface area contributed by atoms with E-state index in [4.69, 9.17) is 9.84 Å². The van der Waals surface area contributed by atoms with Crippen LogP contribution < -0.4 is 9.64 Å². The van der Waals surface area contributed by atoms with Crippen molar-refractivity contribution in [1.82, 2.24) is 0 Å². The number of nitro groups is 1. The predicted octanol–water partition coefficient (Wildman–Crippen LogP) is 1.76. The number of aliphatic carboxylic acids is 1. The number of nitrogens with zero attached hydrogens (tertiary/aromatic N) is 2. The van der Waals surface area contributed by atoms with Gasteiger partial charge in [0, 0.05) is 13.6 Å². The molecule has 0 saturated carbocycles. The van der Waals surface area contributed by atoms with Crippen LogP contribution in [0.3, 0.4) is 0 Å². The van der Waals surface area contributed by atoms with Crippen LogP contribution in [0.1, 0.15) is 6.92 Å². The molecule has 0 amide bonds. The third-order valence-electron chi connectivity index (χ3n) is 2.76. The van der Waals surface area contributed by atoms with Crippen molar-refractivity contribution in [1.29, 1.82) is 0 Å². The number of rotatable bonds is 6. The summed E-state index contributed by atoms with van der Waals surface area (Å²) in [4.78, 5) is 22.9. The van der Waals surface area contributed by atoms with E-state index in [0.29, 0.717) is 5.69 Å². The molecule has 0 saturated heterocycles. The molecule has 104 valence electrons. The molecule has 7 heteroatoms. The maximum atomic E-state index is 11.1. The van der Waals surface area contributed by atoms with Gasteiger partial charge in [0.25, 0.3) is 0 Å². The number of methoxy groups -OCH3 is 1. The number of para-hydroxylation sites is 1. The third kappa shape index (κ3) is 3.34. The van der Waals surface area contributed by atoms with Crippen molar-refractivity contribution in [2.45, 2.75) is 6.92 Å². The summed E-state index contributed by atoms with van der Waals surface area (Å²) in [6.07, 6.45) is 0. The number of nitro benzene ring substituents is 1. The highest BCUT2D eigenvalue weighted by Gasteiger charge is 2.24. The number of carboxylic acids is 1. The summed E-state index contributed by atoms with van der Waals surface area (Å²) in [5.41, 5.74) is 0.169. The normalized spacial score (nSPS) is 11.7. The second-order valence-corrected chi connectivity index (χ2v) is 4.20. The minimum Gasteiger partial charge on any atom is -0.490 e. The van der Waals surface area contributed by atoms with Gasteiger partial charge in [-0.05, 0) is 12.1 Å². The van der Waals surface area contributed by atoms with Crippen LogP contribution in [0.2, 0.25) is 0 Å². The Bertz CT molecular complexity index is 489. The van der Waals surface area contributed by atoms with Crippen LogP contribution in [0.25, 0.3) is 0 Å². The summed E-state index contributed by atoms with van der Waals surface area (Å²) in [5, 5.41) is 20.0. The number of ether oxygens (including phenoxy) is 1. The van der Waals surface area contributed by atoms with Crippen LogP contribution in [0, 0.1) is 16.0 Å². The molecule has 1 aromatic rings. The Morgan fingerprint density at radius 1 is 1.58 bits per heavy atom. The van der Waals surface area contributed by atoms with Crippen LogP contribution in [0.15, 0.2) is 18.2 Å². The molecule has 1 atom stereocenters. The fraction of sp³-hybridized carbons (Fsp3) is 0.417. The van der Waals surface area contributed by atoms with Gasteiger partial charge in [-0.25, -0.2) is 0 Å². The lowest BCUT2D eigenvalue weighted by Crippen LogP contribution is -2.28. The molecule has 0 aliphatic heterocycles. The van der Waals surface area contributed by atoms with Crippen LogP contribution >= 0.6 is 0 Å². The van der Waals surface area contributed by atoms with Gasteiger partial charge in [-0.15, -0.1) is 0 Å². The highest BCUT2D eigenvalue weighted by Crippen LogP contribution is 2.36. The van der Waals surface area contributed by atoms with Crippen molar-refractivity contribution >= 4 is 17.3 Å². The number of carbonyl (C=O) groups is 1. The Kier molecular flexibility index (Phi) is 4.68. The molecule has 7 nitrogen and oxygen atoms in total. The molecule has 0 spiro atoms. The van der Waals surface area contributed by atoms with Crippen molar-refractivity contribution < 1.29 is 19.6 Å². The predicted molar refractivity (Wildman–Crippen MR) is 69.7 cm³/mol. The fourth-order valence-corrected chi connectivity index (χ4v) is 1.75. The first-order valence-electron chi connectivity index (χ1n) is 5.63. The molecule has 0 radical (unpaired) electrons. The van der Waals surface area contributed by atoms with Crippen molar-refractivity contribution in [3.8, 4) is 5.75 Å². The third-order valence-corrected chi connectivity index (χ3v) is 2.76. The molecule has 0 bridgehead atoms. The quantitative estimate of drug-likeness (QED) is 0.624. The molecule has 0 aromatic heterocycles. The first kappa shape index (κ1) is 14.7. The lowest BCUT2D eigenvalue weighted by Gasteiger charge is -2.21. The molecule has 1 N–H and O–H groups in total. The van der Waals surface area contributed by atoms with Gasteiger partial charge in [0.2, 0.25) is 0 Å². The number of hydrogen-bond acceptors (Lipinski definition) is 5. The lowest BCUT2D eigenvalue weighted by molar-refractivity contribution is -0.385. The van der Waals surface area contributed by atoms with E-state index < -0.39 is 16.8 Å². The van der Waals surface area contributed by atoms with Gasteiger partial charge in [-0.2, -0.15) is 0 Å². The van der Waals surface area contributed by atoms with Crippen LogP contribution in [0.4, 0.5) is 11.4 Å². The summed E-state index contributed by atoms with van der Waals surface area (Å²) in [7, 11) is 2.97. The van der Waals surface area contributed by atoms with Crippen LogP contribution in [0.5, 0.6) is 5.75 Å². The van der Waals surface area contributed by atoms with Gasteiger partial charge in [-0.3, -0.25) is 14.9 Å². The van der Waals surface area contributed by atoms with Gasteiger partial charge < -0.3 is 14.7 Å². The average molecular weight is 268 g/mol. The lowest BCUT2D eigenvalue weighted by atomic mass is 10.1. The Morgan fingerprint density at radius 3 is 2.68 bits per heavy atom. The van der Waals surface area contributed by atoms with Crippen molar-refractivity contribution in [2.24, 2.45) is 5.92 Å². The van der Waals surface area contributed by atoms with Gasteiger partial charge in [0.05, 0.1) is 18.0 Å². The van der Waals surface area contributed by atoms with E-state index in [9.17, 15) is 14.9 Å². The number of carboxylic acid groups (broad SMARTS) is 1. The SMILES string of the molecule is COc1cccc(N(C)CC(C)C(=O)O)c1[N+](=O)[O-]. The highest BCUT2D eigenvalue weighted by atomic mass is 16.6. The zero-order chi connectivity index (χ0) is 14.6. The van der Waals surface area contributed by atoms with E-state index in [2.05, 4.69) is 0 Å². The van der Waals surface area contributed by atoms with E-state index in [-0.39, 0.29) is 18.0 Å². The second kappa shape index (κ2) is 6.03. The summed E-state index contributed by atoms with van der Waals surface area (Å²) in [5.74, 6) is -1.43. The molecule has 1 unspecified atom stereocenters. The van der Waals surface area contributed by atoms with Gasteiger partial charge in [-0.1, -0.05) is 13.0 Å². The summed E-state index contributed by atoms with van der Waals surface area (Å²) < 4.78 is 4.97. The number of anilines is 1. The topological polar surface area (TPSA) is 92.9 Å². The van der Waals surface area contributed by atoms with Crippen LogP contribution in [-0.2, 0) is 4.79 Å². The van der Waals surface area contributed by atoms with Crippen molar-refractivity contribution in [3.05, 3.63) is 28.3 Å². The molecular weight excluding hydrogens is 252 g/mol. The van der Waals surface area contributed by atoms with E-state index in [1.165, 1.54) is 13.2 Å². The zero-order valence-electron chi connectivity index (χ0n) is 11.0. The van der Waals surface area contributed by atoms with Gasteiger partial charge in [0.15, 0.2) is 5.75 Å². The van der Waals surface area contributed by atoms with Crippen LogP contribution in [-0.4, -0.2) is 36.7 Å². The monoisotopic (exact) mass is 268 g/mol. The minimum atomic E-state index is -0.947. The van der Waals surface area contributed by atoms with Crippen molar-refractivity contribution in [2.75, 3.05) is 25.6 Å². The smallest absolute Gasteiger partial charge is 0.333 e. The minimum absolute atomic E-state index is 0.150. The molecule has 0 fully saturated rings. The summed E-state index contributed by atoms with van der Waals surface area (Å²) in [6.45, 7) is 1.72. The van der Waals surface area contributed by atoms with E-state index >= 15 is 0 Å². The number of hydrogen-bond donors (Lipinski definition) is 1. The van der Waals surface area contributed by atoms with E-state index in [1.54, 1.807) is 31.0 Å². The first-order valence-corrected chi connectivity index (χ1v) is 5.63. The molecule has 1 aromatic carbocycles. The average Bonchev–Trinajstić information content (AvgIpc) is 2.37. The molecule has 0 heterocycles. The maximum absolute atomic E-state index is 11.1. The standard InChI is InChI=1S/C12H16N2O5/c1-8(12(15)16)7-13(2)9-5-4-6-10(19-3)11(9)14(17)18/h4-6,8H,7H2,1-3H3,(H,15,16). The molecular formula is C12H16N2O5. The Morgan fingerprint density at radius 2 is 2.21 bits per heavy atom. The zero-order valence-corrected chi connectivity index (χ0v) is 11.0. The largest absolute Gasteiger partial charge is 0.490 e. The molecule has 0 aliphatic rings. The Hall–Kier alpha value is -2.31. The van der Waals surface area contributed by atoms with E-state index in [0.717, 1.165) is 0 Å². The molecule has 1 rings (SSSR count). The Balaban J connectivity index is 3.12. The first-order chi connectivity index (χ1) is 8.88. The molecule has 0 aliphatic carbocycles. The second-order valence-electron chi connectivity index (χ2n) is 4.20. The number of benzene rings is 1. The molecule has 19 heavy (non-hydrogen) atoms. The highest BCUT2D eigenvalue weighted by molar-refractivity contribution is 5.73. The van der Waals surface area contributed by atoms with Crippen molar-refractivity contribution in [3.63, 3.8) is 0 Å². The maximum Gasteiger partial charge on any atom is 0.333 e. The summed E-state index contributed by atoms with van der Waals surface area (Å²) >= 11 is 0. The summed E-state index contributed by atoms with van der Waals surface area (Å²) in [6, 6.07) is 4.69.